The number of hydrogen-bond donors (Lipinski definition) is 1. The molecule has 1 fully saturated rings. The third-order valence-corrected chi connectivity index (χ3v) is 7.01. The van der Waals surface area contributed by atoms with Crippen LogP contribution in [0.4, 0.5) is 0 Å². The van der Waals surface area contributed by atoms with Gasteiger partial charge in [0.05, 0.1) is 0 Å². The van der Waals surface area contributed by atoms with Gasteiger partial charge in [0.15, 0.2) is 0 Å². The lowest BCUT2D eigenvalue weighted by atomic mass is 9.97. The molecule has 1 saturated heterocycles. The Bertz CT molecular complexity index is 874. The zero-order valence-electron chi connectivity index (χ0n) is 16.3. The Hall–Kier alpha value is -1.60. The number of nitrogens with one attached hydrogen (secondary N) is 1. The second-order valence-electron chi connectivity index (χ2n) is 7.14. The largest absolute Gasteiger partial charge is 0.299 e. The molecule has 0 unspecified atom stereocenters. The molecule has 0 spiro atoms. The summed E-state index contributed by atoms with van der Waals surface area (Å²) in [4.78, 5) is 3.80. The summed E-state index contributed by atoms with van der Waals surface area (Å²) in [6.45, 7) is 3.50. The first-order chi connectivity index (χ1) is 13.6. The lowest BCUT2D eigenvalue weighted by Gasteiger charge is -2.32. The van der Waals surface area contributed by atoms with Crippen molar-refractivity contribution in [1.82, 2.24) is 9.62 Å². The van der Waals surface area contributed by atoms with Crippen LogP contribution in [0.3, 0.4) is 0 Å². The van der Waals surface area contributed by atoms with Gasteiger partial charge in [-0.2, -0.15) is 0 Å². The summed E-state index contributed by atoms with van der Waals surface area (Å²) in [7, 11) is -3.40. The fraction of sp³-hybridized carbons (Fsp3) is 0.364. The van der Waals surface area contributed by atoms with E-state index in [9.17, 15) is 8.42 Å². The quantitative estimate of drug-likeness (QED) is 0.655. The summed E-state index contributed by atoms with van der Waals surface area (Å²) in [5.74, 6) is 0.395. The van der Waals surface area contributed by atoms with E-state index >= 15 is 0 Å². The van der Waals surface area contributed by atoms with Crippen LogP contribution in [0.2, 0.25) is 0 Å². The molecule has 0 saturated carbocycles. The molecular formula is C22H28N2O2S2. The molecule has 1 heterocycles. The van der Waals surface area contributed by atoms with Crippen molar-refractivity contribution >= 4 is 27.9 Å². The summed E-state index contributed by atoms with van der Waals surface area (Å²) < 4.78 is 27.2. The summed E-state index contributed by atoms with van der Waals surface area (Å²) >= 11 is 1.79. The Morgan fingerprint density at radius 3 is 2.46 bits per heavy atom. The van der Waals surface area contributed by atoms with Crippen LogP contribution in [0.15, 0.2) is 64.9 Å². The molecule has 3 rings (SSSR count). The Kier molecular flexibility index (Phi) is 7.73. The maximum atomic E-state index is 12.2. The van der Waals surface area contributed by atoms with Gasteiger partial charge in [-0.3, -0.25) is 4.90 Å². The Morgan fingerprint density at radius 2 is 1.75 bits per heavy atom. The van der Waals surface area contributed by atoms with E-state index in [0.717, 1.165) is 38.0 Å². The molecule has 0 atom stereocenters. The molecule has 6 heteroatoms. The van der Waals surface area contributed by atoms with Gasteiger partial charge in [0.25, 0.3) is 0 Å². The van der Waals surface area contributed by atoms with Gasteiger partial charge in [0, 0.05) is 23.4 Å². The normalized spacial score (nSPS) is 16.6. The van der Waals surface area contributed by atoms with E-state index in [4.69, 9.17) is 0 Å². The monoisotopic (exact) mass is 416 g/mol. The van der Waals surface area contributed by atoms with Crippen LogP contribution < -0.4 is 4.72 Å². The molecule has 2 aromatic rings. The average molecular weight is 417 g/mol. The predicted molar refractivity (Wildman–Crippen MR) is 119 cm³/mol. The lowest BCUT2D eigenvalue weighted by Crippen LogP contribution is -2.38. The van der Waals surface area contributed by atoms with Gasteiger partial charge >= 0.3 is 0 Å². The van der Waals surface area contributed by atoms with E-state index in [1.165, 1.54) is 15.9 Å². The minimum absolute atomic E-state index is 0.395. The van der Waals surface area contributed by atoms with Gasteiger partial charge in [-0.1, -0.05) is 48.5 Å². The van der Waals surface area contributed by atoms with Crippen molar-refractivity contribution in [3.8, 4) is 0 Å². The van der Waals surface area contributed by atoms with Crippen molar-refractivity contribution < 1.29 is 8.42 Å². The maximum Gasteiger partial charge on any atom is 0.233 e. The van der Waals surface area contributed by atoms with Crippen LogP contribution in [-0.2, 0) is 16.6 Å². The molecule has 28 heavy (non-hydrogen) atoms. The summed E-state index contributed by atoms with van der Waals surface area (Å²) in [5, 5.41) is 1.26. The lowest BCUT2D eigenvalue weighted by molar-refractivity contribution is 0.177. The van der Waals surface area contributed by atoms with Gasteiger partial charge < -0.3 is 0 Å². The smallest absolute Gasteiger partial charge is 0.233 e. The second-order valence-corrected chi connectivity index (χ2v) is 9.64. The van der Waals surface area contributed by atoms with E-state index in [-0.39, 0.29) is 0 Å². The molecule has 0 aliphatic carbocycles. The Labute approximate surface area is 173 Å². The second kappa shape index (κ2) is 10.3. The molecule has 4 nitrogen and oxygen atoms in total. The summed E-state index contributed by atoms with van der Waals surface area (Å²) in [6.07, 6.45) is 5.79. The van der Waals surface area contributed by atoms with E-state index in [2.05, 4.69) is 40.1 Å². The Balaban J connectivity index is 1.44. The standard InChI is InChI=1S/C22H28N2O2S2/c1-27-22-10-6-5-9-21(22)18-24-14-11-20(12-15-24)17-23-28(25,26)16-13-19-7-3-2-4-8-19/h2-10,13,16,20,23H,11-12,14-15,17-18H2,1H3/b16-13+. The number of likely N-dealkylation sites (tertiary alicyclic amines) is 1. The average Bonchev–Trinajstić information content (AvgIpc) is 2.73. The number of thioether (sulfide) groups is 1. The number of sulfonamides is 1. The number of piperidine rings is 1. The third-order valence-electron chi connectivity index (χ3n) is 5.11. The van der Waals surface area contributed by atoms with Crippen LogP contribution in [0, 0.1) is 5.92 Å². The van der Waals surface area contributed by atoms with Gasteiger partial charge in [-0.25, -0.2) is 13.1 Å². The zero-order valence-corrected chi connectivity index (χ0v) is 17.9. The van der Waals surface area contributed by atoms with Crippen molar-refractivity contribution in [2.75, 3.05) is 25.9 Å². The van der Waals surface area contributed by atoms with Gasteiger partial charge in [-0.05, 0) is 61.4 Å². The van der Waals surface area contributed by atoms with E-state index in [0.29, 0.717) is 12.5 Å². The first-order valence-electron chi connectivity index (χ1n) is 9.63. The van der Waals surface area contributed by atoms with E-state index in [1.807, 2.05) is 30.3 Å². The highest BCUT2D eigenvalue weighted by Crippen LogP contribution is 2.24. The molecule has 0 bridgehead atoms. The van der Waals surface area contributed by atoms with Gasteiger partial charge in [0.1, 0.15) is 0 Å². The van der Waals surface area contributed by atoms with Crippen molar-refractivity contribution in [3.05, 3.63) is 71.1 Å². The highest BCUT2D eigenvalue weighted by atomic mass is 32.2. The molecule has 2 aromatic carbocycles. The Morgan fingerprint density at radius 1 is 1.07 bits per heavy atom. The van der Waals surface area contributed by atoms with E-state index < -0.39 is 10.0 Å². The number of nitrogens with zero attached hydrogens (tertiary/aromatic N) is 1. The van der Waals surface area contributed by atoms with Crippen molar-refractivity contribution in [2.24, 2.45) is 5.92 Å². The molecule has 0 aromatic heterocycles. The minimum Gasteiger partial charge on any atom is -0.299 e. The van der Waals surface area contributed by atoms with Crippen molar-refractivity contribution in [1.29, 1.82) is 0 Å². The molecule has 1 aliphatic heterocycles. The molecule has 1 aliphatic rings. The topological polar surface area (TPSA) is 49.4 Å². The van der Waals surface area contributed by atoms with Gasteiger partial charge in [0.2, 0.25) is 10.0 Å². The van der Waals surface area contributed by atoms with Crippen molar-refractivity contribution in [2.45, 2.75) is 24.3 Å². The highest BCUT2D eigenvalue weighted by Gasteiger charge is 2.21. The molecule has 0 amide bonds. The van der Waals surface area contributed by atoms with E-state index in [1.54, 1.807) is 17.8 Å². The zero-order chi connectivity index (χ0) is 19.8. The molecule has 0 radical (unpaired) electrons. The predicted octanol–water partition coefficient (Wildman–Crippen LogP) is 4.21. The molecule has 150 valence electrons. The number of benzene rings is 2. The van der Waals surface area contributed by atoms with Crippen LogP contribution in [0.1, 0.15) is 24.0 Å². The highest BCUT2D eigenvalue weighted by molar-refractivity contribution is 7.98. The molecular weight excluding hydrogens is 388 g/mol. The SMILES string of the molecule is CSc1ccccc1CN1CCC(CNS(=O)(=O)/C=C/c2ccccc2)CC1. The minimum atomic E-state index is -3.40. The first kappa shape index (κ1) is 21.1. The summed E-state index contributed by atoms with van der Waals surface area (Å²) in [5.41, 5.74) is 2.26. The van der Waals surface area contributed by atoms with Crippen molar-refractivity contribution in [3.63, 3.8) is 0 Å². The first-order valence-corrected chi connectivity index (χ1v) is 12.4. The van der Waals surface area contributed by atoms with Crippen LogP contribution >= 0.6 is 11.8 Å². The fourth-order valence-electron chi connectivity index (χ4n) is 3.44. The summed E-state index contributed by atoms with van der Waals surface area (Å²) in [6, 6.07) is 18.0. The molecule has 1 N–H and O–H groups in total. The maximum absolute atomic E-state index is 12.2. The van der Waals surface area contributed by atoms with Crippen LogP contribution in [-0.4, -0.2) is 39.2 Å². The van der Waals surface area contributed by atoms with Gasteiger partial charge in [-0.15, -0.1) is 11.8 Å². The fourth-order valence-corrected chi connectivity index (χ4v) is 4.95. The van der Waals surface area contributed by atoms with Crippen LogP contribution in [0.25, 0.3) is 6.08 Å². The number of rotatable bonds is 8. The van der Waals surface area contributed by atoms with Crippen LogP contribution in [0.5, 0.6) is 0 Å². The third kappa shape index (κ3) is 6.48. The number of hydrogen-bond acceptors (Lipinski definition) is 4.